The number of amides is 1. The molecule has 7 heteroatoms. The molecule has 2 aromatic rings. The van der Waals surface area contributed by atoms with E-state index >= 15 is 0 Å². The fourth-order valence-corrected chi connectivity index (χ4v) is 3.75. The van der Waals surface area contributed by atoms with E-state index in [0.29, 0.717) is 5.69 Å². The van der Waals surface area contributed by atoms with Gasteiger partial charge in [0.15, 0.2) is 0 Å². The molecule has 0 bridgehead atoms. The van der Waals surface area contributed by atoms with Crippen molar-refractivity contribution < 1.29 is 14.6 Å². The lowest BCUT2D eigenvalue weighted by molar-refractivity contribution is 0.0909. The van der Waals surface area contributed by atoms with Gasteiger partial charge in [-0.15, -0.1) is 0 Å². The molecule has 0 fully saturated rings. The van der Waals surface area contributed by atoms with Crippen LogP contribution in [0.3, 0.4) is 0 Å². The van der Waals surface area contributed by atoms with Gasteiger partial charge in [0.25, 0.3) is 5.91 Å². The summed E-state index contributed by atoms with van der Waals surface area (Å²) in [6, 6.07) is 5.65. The smallest absolute Gasteiger partial charge is 0.269 e. The van der Waals surface area contributed by atoms with E-state index in [9.17, 15) is 9.90 Å². The van der Waals surface area contributed by atoms with Crippen LogP contribution in [0.1, 0.15) is 28.0 Å². The summed E-state index contributed by atoms with van der Waals surface area (Å²) in [6.45, 7) is -0.0668. The summed E-state index contributed by atoms with van der Waals surface area (Å²) >= 11 is 1.69. The highest BCUT2D eigenvalue weighted by molar-refractivity contribution is 7.98. The third-order valence-corrected chi connectivity index (χ3v) is 5.20. The van der Waals surface area contributed by atoms with Crippen molar-refractivity contribution >= 4 is 17.7 Å². The number of nitrogens with one attached hydrogen (secondary N) is 2. The van der Waals surface area contributed by atoms with Crippen LogP contribution in [-0.4, -0.2) is 53.0 Å². The molecule has 0 saturated heterocycles. The first-order valence-electron chi connectivity index (χ1n) is 8.33. The first-order chi connectivity index (χ1) is 12.2. The van der Waals surface area contributed by atoms with Gasteiger partial charge in [0.2, 0.25) is 0 Å². The summed E-state index contributed by atoms with van der Waals surface area (Å²) < 4.78 is 5.44. The zero-order valence-corrected chi connectivity index (χ0v) is 15.3. The van der Waals surface area contributed by atoms with E-state index < -0.39 is 0 Å². The number of aromatic amines is 1. The SMILES string of the molecule is COc1cccc2c1CCc1c-2n[nH]c1C(=O)N[C@@H](CO)CCSC. The monoisotopic (exact) mass is 361 g/mol. The van der Waals surface area contributed by atoms with Crippen LogP contribution in [0.25, 0.3) is 11.3 Å². The number of ether oxygens (including phenoxy) is 1. The molecular formula is C18H23N3O3S. The van der Waals surface area contributed by atoms with E-state index in [2.05, 4.69) is 15.5 Å². The molecule has 0 saturated carbocycles. The molecule has 25 heavy (non-hydrogen) atoms. The van der Waals surface area contributed by atoms with Crippen LogP contribution in [0, 0.1) is 0 Å². The van der Waals surface area contributed by atoms with Crippen molar-refractivity contribution in [2.45, 2.75) is 25.3 Å². The summed E-state index contributed by atoms with van der Waals surface area (Å²) in [6.07, 6.45) is 4.28. The molecule has 1 aromatic carbocycles. The Morgan fingerprint density at radius 3 is 2.96 bits per heavy atom. The fraction of sp³-hybridized carbons (Fsp3) is 0.444. The Labute approximate surface area is 151 Å². The Balaban J connectivity index is 1.85. The molecular weight excluding hydrogens is 338 g/mol. The van der Waals surface area contributed by atoms with Crippen LogP contribution in [-0.2, 0) is 12.8 Å². The number of benzene rings is 1. The van der Waals surface area contributed by atoms with Gasteiger partial charge in [0.05, 0.1) is 25.5 Å². The number of H-pyrrole nitrogens is 1. The lowest BCUT2D eigenvalue weighted by atomic mass is 9.88. The van der Waals surface area contributed by atoms with Gasteiger partial charge in [0.1, 0.15) is 11.4 Å². The van der Waals surface area contributed by atoms with Crippen LogP contribution < -0.4 is 10.1 Å². The van der Waals surface area contributed by atoms with Crippen molar-refractivity contribution in [3.8, 4) is 17.0 Å². The molecule has 1 heterocycles. The minimum absolute atomic E-state index is 0.0668. The van der Waals surface area contributed by atoms with Crippen molar-refractivity contribution in [1.82, 2.24) is 15.5 Å². The minimum atomic E-state index is -0.241. The summed E-state index contributed by atoms with van der Waals surface area (Å²) in [7, 11) is 1.66. The summed E-state index contributed by atoms with van der Waals surface area (Å²) in [4.78, 5) is 12.6. The molecule has 1 amide bonds. The predicted molar refractivity (Wildman–Crippen MR) is 99.3 cm³/mol. The molecule has 0 aliphatic heterocycles. The molecule has 3 rings (SSSR count). The van der Waals surface area contributed by atoms with Crippen LogP contribution in [0.15, 0.2) is 18.2 Å². The number of aromatic nitrogens is 2. The van der Waals surface area contributed by atoms with Crippen LogP contribution >= 0.6 is 11.8 Å². The van der Waals surface area contributed by atoms with Gasteiger partial charge in [0, 0.05) is 16.7 Å². The third-order valence-electron chi connectivity index (χ3n) is 4.55. The Morgan fingerprint density at radius 1 is 1.44 bits per heavy atom. The van der Waals surface area contributed by atoms with Gasteiger partial charge < -0.3 is 15.2 Å². The van der Waals surface area contributed by atoms with E-state index in [1.807, 2.05) is 24.5 Å². The van der Waals surface area contributed by atoms with Gasteiger partial charge in [-0.1, -0.05) is 12.1 Å². The molecule has 1 aliphatic carbocycles. The van der Waals surface area contributed by atoms with E-state index in [-0.39, 0.29) is 18.6 Å². The van der Waals surface area contributed by atoms with Crippen molar-refractivity contribution in [2.24, 2.45) is 0 Å². The zero-order valence-electron chi connectivity index (χ0n) is 14.5. The minimum Gasteiger partial charge on any atom is -0.496 e. The zero-order chi connectivity index (χ0) is 17.8. The van der Waals surface area contributed by atoms with Crippen LogP contribution in [0.5, 0.6) is 5.75 Å². The standard InChI is InChI=1S/C18H23N3O3S/c1-24-15-5-3-4-13-12(15)6-7-14-16(13)20-21-17(14)18(23)19-11(10-22)8-9-25-2/h3-5,11,22H,6-10H2,1-2H3,(H,19,23)(H,20,21)/t11-/m1/s1. The molecule has 1 aromatic heterocycles. The lowest BCUT2D eigenvalue weighted by Gasteiger charge is -2.19. The summed E-state index contributed by atoms with van der Waals surface area (Å²) in [5, 5.41) is 19.6. The maximum Gasteiger partial charge on any atom is 0.269 e. The Morgan fingerprint density at radius 2 is 2.24 bits per heavy atom. The number of hydrogen-bond acceptors (Lipinski definition) is 5. The molecule has 0 radical (unpaired) electrons. The second-order valence-corrected chi connectivity index (χ2v) is 7.03. The second kappa shape index (κ2) is 7.93. The summed E-state index contributed by atoms with van der Waals surface area (Å²) in [5.74, 6) is 1.54. The first-order valence-corrected chi connectivity index (χ1v) is 9.73. The molecule has 3 N–H and O–H groups in total. The number of fused-ring (bicyclic) bond motifs is 3. The number of carbonyl (C=O) groups excluding carboxylic acids is 1. The van der Waals surface area contributed by atoms with Crippen molar-refractivity contribution in [3.63, 3.8) is 0 Å². The second-order valence-electron chi connectivity index (χ2n) is 6.05. The fourth-order valence-electron chi connectivity index (χ4n) is 3.23. The lowest BCUT2D eigenvalue weighted by Crippen LogP contribution is -2.38. The quantitative estimate of drug-likeness (QED) is 0.702. The number of thioether (sulfide) groups is 1. The highest BCUT2D eigenvalue weighted by atomic mass is 32.2. The molecule has 1 atom stereocenters. The van der Waals surface area contributed by atoms with E-state index in [0.717, 1.165) is 53.1 Å². The van der Waals surface area contributed by atoms with Gasteiger partial charge in [-0.25, -0.2) is 0 Å². The van der Waals surface area contributed by atoms with Gasteiger partial charge in [-0.3, -0.25) is 9.89 Å². The number of methoxy groups -OCH3 is 1. The van der Waals surface area contributed by atoms with Gasteiger partial charge >= 0.3 is 0 Å². The summed E-state index contributed by atoms with van der Waals surface area (Å²) in [5.41, 5.74) is 4.38. The van der Waals surface area contributed by atoms with E-state index in [4.69, 9.17) is 4.74 Å². The number of carbonyl (C=O) groups is 1. The average molecular weight is 361 g/mol. The highest BCUT2D eigenvalue weighted by Gasteiger charge is 2.27. The topological polar surface area (TPSA) is 87.2 Å². The van der Waals surface area contributed by atoms with Gasteiger partial charge in [-0.2, -0.15) is 16.9 Å². The van der Waals surface area contributed by atoms with Crippen molar-refractivity contribution in [3.05, 3.63) is 35.0 Å². The van der Waals surface area contributed by atoms with E-state index in [1.54, 1.807) is 18.9 Å². The Bertz CT molecular complexity index is 760. The van der Waals surface area contributed by atoms with Crippen molar-refractivity contribution in [1.29, 1.82) is 0 Å². The molecule has 134 valence electrons. The number of rotatable bonds is 7. The average Bonchev–Trinajstić information content (AvgIpc) is 3.09. The third kappa shape index (κ3) is 3.52. The molecule has 0 unspecified atom stereocenters. The maximum absolute atomic E-state index is 12.6. The molecule has 6 nitrogen and oxygen atoms in total. The molecule has 1 aliphatic rings. The predicted octanol–water partition coefficient (Wildman–Crippen LogP) is 2.03. The van der Waals surface area contributed by atoms with Crippen LogP contribution in [0.4, 0.5) is 0 Å². The number of hydrogen-bond donors (Lipinski definition) is 3. The number of aliphatic hydroxyl groups excluding tert-OH is 1. The molecule has 0 spiro atoms. The number of nitrogens with zero attached hydrogens (tertiary/aromatic N) is 1. The van der Waals surface area contributed by atoms with Gasteiger partial charge in [-0.05, 0) is 37.3 Å². The number of aliphatic hydroxyl groups is 1. The maximum atomic E-state index is 12.6. The first kappa shape index (κ1) is 17.8. The normalized spacial score (nSPS) is 13.7. The Kier molecular flexibility index (Phi) is 5.65. The Hall–Kier alpha value is -1.99. The van der Waals surface area contributed by atoms with Crippen LogP contribution in [0.2, 0.25) is 0 Å². The largest absolute Gasteiger partial charge is 0.496 e. The van der Waals surface area contributed by atoms with Crippen molar-refractivity contribution in [2.75, 3.05) is 25.7 Å². The van der Waals surface area contributed by atoms with E-state index in [1.165, 1.54) is 0 Å². The highest BCUT2D eigenvalue weighted by Crippen LogP contribution is 2.37.